The highest BCUT2D eigenvalue weighted by atomic mass is 19.1. The molecule has 0 aliphatic carbocycles. The van der Waals surface area contributed by atoms with Crippen LogP contribution < -0.4 is 10.9 Å². The molecule has 1 N–H and O–H groups in total. The average molecular weight is 435 g/mol. The van der Waals surface area contributed by atoms with Crippen LogP contribution in [0.1, 0.15) is 33.6 Å². The maximum Gasteiger partial charge on any atom is 0.268 e. The van der Waals surface area contributed by atoms with Crippen molar-refractivity contribution in [3.05, 3.63) is 87.6 Å². The molecule has 4 rings (SSSR count). The molecule has 32 heavy (non-hydrogen) atoms. The van der Waals surface area contributed by atoms with Crippen LogP contribution in [0.15, 0.2) is 53.8 Å². The first-order valence-electron chi connectivity index (χ1n) is 10.3. The molecule has 0 saturated carbocycles. The van der Waals surface area contributed by atoms with Crippen LogP contribution in [0.5, 0.6) is 0 Å². The van der Waals surface area contributed by atoms with Crippen LogP contribution in [0, 0.1) is 5.82 Å². The summed E-state index contributed by atoms with van der Waals surface area (Å²) < 4.78 is 14.7. The maximum absolute atomic E-state index is 13.4. The Labute approximate surface area is 183 Å². The van der Waals surface area contributed by atoms with Gasteiger partial charge in [-0.15, -0.1) is 0 Å². The van der Waals surface area contributed by atoms with E-state index >= 15 is 0 Å². The van der Waals surface area contributed by atoms with E-state index in [2.05, 4.69) is 15.3 Å². The molecule has 1 aliphatic heterocycles. The van der Waals surface area contributed by atoms with E-state index in [1.807, 2.05) is 0 Å². The molecule has 0 unspecified atom stereocenters. The zero-order valence-electron chi connectivity index (χ0n) is 17.5. The molecule has 164 valence electrons. The lowest BCUT2D eigenvalue weighted by Crippen LogP contribution is -2.40. The van der Waals surface area contributed by atoms with Gasteiger partial charge in [0.2, 0.25) is 5.91 Å². The van der Waals surface area contributed by atoms with E-state index in [1.165, 1.54) is 35.9 Å². The van der Waals surface area contributed by atoms with Gasteiger partial charge in [0.05, 0.1) is 5.69 Å². The van der Waals surface area contributed by atoms with E-state index < -0.39 is 17.3 Å². The van der Waals surface area contributed by atoms with Gasteiger partial charge in [0.25, 0.3) is 11.5 Å². The summed E-state index contributed by atoms with van der Waals surface area (Å²) in [5.41, 5.74) is 2.12. The molecule has 1 aliphatic rings. The van der Waals surface area contributed by atoms with Crippen molar-refractivity contribution in [1.82, 2.24) is 24.8 Å². The second-order valence-corrected chi connectivity index (χ2v) is 7.50. The summed E-state index contributed by atoms with van der Waals surface area (Å²) in [5, 5.41) is 2.53. The molecule has 9 heteroatoms. The van der Waals surface area contributed by atoms with Crippen LogP contribution >= 0.6 is 0 Å². The molecular weight excluding hydrogens is 413 g/mol. The van der Waals surface area contributed by atoms with Crippen molar-refractivity contribution >= 4 is 11.8 Å². The van der Waals surface area contributed by atoms with Crippen LogP contribution in [-0.4, -0.2) is 44.8 Å². The molecule has 3 heterocycles. The lowest BCUT2D eigenvalue weighted by atomic mass is 9.95. The third kappa shape index (κ3) is 4.27. The van der Waals surface area contributed by atoms with Crippen LogP contribution in [0.25, 0.3) is 5.69 Å². The fourth-order valence-electron chi connectivity index (χ4n) is 3.87. The van der Waals surface area contributed by atoms with Gasteiger partial charge in [0.15, 0.2) is 0 Å². The van der Waals surface area contributed by atoms with Crippen molar-refractivity contribution in [2.75, 3.05) is 13.6 Å². The SMILES string of the molecule is CNC(=O)c1c2c(cn(-c3ccc(F)cc3)c1=O)CN(C(=O)CCc1cnccn1)CC2. The van der Waals surface area contributed by atoms with Gasteiger partial charge in [0, 0.05) is 57.0 Å². The Morgan fingerprint density at radius 1 is 1.19 bits per heavy atom. The van der Waals surface area contributed by atoms with Gasteiger partial charge < -0.3 is 10.2 Å². The zero-order chi connectivity index (χ0) is 22.7. The van der Waals surface area contributed by atoms with E-state index in [4.69, 9.17) is 0 Å². The normalized spacial score (nSPS) is 12.9. The van der Waals surface area contributed by atoms with Gasteiger partial charge in [-0.05, 0) is 48.2 Å². The van der Waals surface area contributed by atoms with E-state index in [9.17, 15) is 18.8 Å². The second kappa shape index (κ2) is 9.09. The monoisotopic (exact) mass is 435 g/mol. The summed E-state index contributed by atoms with van der Waals surface area (Å²) >= 11 is 0. The van der Waals surface area contributed by atoms with Gasteiger partial charge in [-0.1, -0.05) is 0 Å². The molecule has 1 aromatic carbocycles. The summed E-state index contributed by atoms with van der Waals surface area (Å²) in [5.74, 6) is -0.946. The zero-order valence-corrected chi connectivity index (χ0v) is 17.5. The lowest BCUT2D eigenvalue weighted by Gasteiger charge is -2.30. The highest BCUT2D eigenvalue weighted by Crippen LogP contribution is 2.23. The quantitative estimate of drug-likeness (QED) is 0.657. The number of aromatic nitrogens is 3. The largest absolute Gasteiger partial charge is 0.355 e. The summed E-state index contributed by atoms with van der Waals surface area (Å²) in [7, 11) is 1.47. The number of nitrogens with zero attached hydrogens (tertiary/aromatic N) is 4. The molecule has 3 aromatic rings. The summed E-state index contributed by atoms with van der Waals surface area (Å²) in [4.78, 5) is 48.4. The second-order valence-electron chi connectivity index (χ2n) is 7.50. The number of nitrogens with one attached hydrogen (secondary N) is 1. The number of pyridine rings is 1. The molecule has 0 saturated heterocycles. The predicted molar refractivity (Wildman–Crippen MR) is 115 cm³/mol. The van der Waals surface area contributed by atoms with Crippen molar-refractivity contribution in [2.45, 2.75) is 25.8 Å². The van der Waals surface area contributed by atoms with Crippen LogP contribution in [0.3, 0.4) is 0 Å². The Balaban J connectivity index is 1.65. The number of benzene rings is 1. The summed E-state index contributed by atoms with van der Waals surface area (Å²) in [6.45, 7) is 0.691. The number of hydrogen-bond donors (Lipinski definition) is 1. The van der Waals surface area contributed by atoms with E-state index in [0.717, 1.165) is 5.69 Å². The highest BCUT2D eigenvalue weighted by Gasteiger charge is 2.28. The van der Waals surface area contributed by atoms with Gasteiger partial charge in [-0.25, -0.2) is 4.39 Å². The van der Waals surface area contributed by atoms with Gasteiger partial charge in [0.1, 0.15) is 11.4 Å². The minimum atomic E-state index is -0.481. The van der Waals surface area contributed by atoms with E-state index in [0.29, 0.717) is 36.2 Å². The Kier molecular flexibility index (Phi) is 6.07. The topological polar surface area (TPSA) is 97.2 Å². The number of halogens is 1. The van der Waals surface area contributed by atoms with Crippen LogP contribution in [0.2, 0.25) is 0 Å². The third-order valence-corrected chi connectivity index (χ3v) is 5.52. The van der Waals surface area contributed by atoms with Crippen molar-refractivity contribution in [1.29, 1.82) is 0 Å². The molecular formula is C23H22FN5O3. The number of rotatable bonds is 5. The molecule has 0 atom stereocenters. The first-order chi connectivity index (χ1) is 15.5. The Morgan fingerprint density at radius 2 is 1.97 bits per heavy atom. The number of amides is 2. The number of fused-ring (bicyclic) bond motifs is 1. The van der Waals surface area contributed by atoms with E-state index in [1.54, 1.807) is 29.7 Å². The molecule has 0 fully saturated rings. The minimum absolute atomic E-state index is 0.0395. The van der Waals surface area contributed by atoms with Gasteiger partial charge in [-0.3, -0.25) is 28.9 Å². The summed E-state index contributed by atoms with van der Waals surface area (Å²) in [6, 6.07) is 5.46. The average Bonchev–Trinajstić information content (AvgIpc) is 2.82. The predicted octanol–water partition coefficient (Wildman–Crippen LogP) is 1.64. The van der Waals surface area contributed by atoms with Crippen molar-refractivity contribution in [3.8, 4) is 5.69 Å². The Bertz CT molecular complexity index is 1210. The van der Waals surface area contributed by atoms with Crippen molar-refractivity contribution in [3.63, 3.8) is 0 Å². The molecule has 0 radical (unpaired) electrons. The molecule has 0 spiro atoms. The fourth-order valence-corrected chi connectivity index (χ4v) is 3.87. The lowest BCUT2D eigenvalue weighted by molar-refractivity contribution is -0.132. The standard InChI is InChI=1S/C23H22FN5O3/c1-25-22(31)21-19-8-11-28(20(30)7-4-17-12-26-9-10-27-17)13-15(19)14-29(23(21)32)18-5-2-16(24)3-6-18/h2-3,5-6,9-10,12,14H,4,7-8,11,13H2,1H3,(H,25,31). The smallest absolute Gasteiger partial charge is 0.268 e. The number of carbonyl (C=O) groups excluding carboxylic acids is 2. The van der Waals surface area contributed by atoms with E-state index in [-0.39, 0.29) is 24.4 Å². The van der Waals surface area contributed by atoms with Crippen molar-refractivity contribution < 1.29 is 14.0 Å². The van der Waals surface area contributed by atoms with Crippen molar-refractivity contribution in [2.24, 2.45) is 0 Å². The number of hydrogen-bond acceptors (Lipinski definition) is 5. The third-order valence-electron chi connectivity index (χ3n) is 5.52. The molecule has 0 bridgehead atoms. The Morgan fingerprint density at radius 3 is 2.66 bits per heavy atom. The van der Waals surface area contributed by atoms with Crippen LogP contribution in [-0.2, 0) is 24.2 Å². The molecule has 2 amide bonds. The minimum Gasteiger partial charge on any atom is -0.355 e. The first-order valence-corrected chi connectivity index (χ1v) is 10.3. The number of aryl methyl sites for hydroxylation is 1. The van der Waals surface area contributed by atoms with Crippen LogP contribution in [0.4, 0.5) is 4.39 Å². The molecule has 2 aromatic heterocycles. The first kappa shape index (κ1) is 21.4. The fraction of sp³-hybridized carbons (Fsp3) is 0.261. The summed E-state index contributed by atoms with van der Waals surface area (Å²) in [6.07, 6.45) is 7.61. The van der Waals surface area contributed by atoms with Gasteiger partial charge >= 0.3 is 0 Å². The molecule has 8 nitrogen and oxygen atoms in total. The highest BCUT2D eigenvalue weighted by molar-refractivity contribution is 5.95. The number of carbonyl (C=O) groups is 2. The van der Waals surface area contributed by atoms with Gasteiger partial charge in [-0.2, -0.15) is 0 Å². The Hall–Kier alpha value is -3.88. The maximum atomic E-state index is 13.4.